The molecule has 3 N–H and O–H groups in total. The van der Waals surface area contributed by atoms with Gasteiger partial charge in [-0.1, -0.05) is 13.8 Å². The van der Waals surface area contributed by atoms with Crippen LogP contribution in [0, 0.1) is 10.8 Å². The summed E-state index contributed by atoms with van der Waals surface area (Å²) >= 11 is 1.98. The van der Waals surface area contributed by atoms with E-state index in [-0.39, 0.29) is 17.4 Å². The maximum absolute atomic E-state index is 9.08. The van der Waals surface area contributed by atoms with Crippen LogP contribution in [0.1, 0.15) is 26.7 Å². The Labute approximate surface area is 85.3 Å². The third-order valence-corrected chi connectivity index (χ3v) is 4.92. The van der Waals surface area contributed by atoms with Crippen LogP contribution in [0.4, 0.5) is 0 Å². The van der Waals surface area contributed by atoms with Crippen molar-refractivity contribution >= 4 is 11.8 Å². The van der Waals surface area contributed by atoms with Gasteiger partial charge in [0.1, 0.15) is 0 Å². The lowest BCUT2D eigenvalue weighted by Gasteiger charge is -2.49. The molecule has 2 nitrogen and oxygen atoms in total. The lowest BCUT2D eigenvalue weighted by atomic mass is 9.63. The average molecular weight is 203 g/mol. The first-order valence-corrected chi connectivity index (χ1v) is 6.12. The van der Waals surface area contributed by atoms with Gasteiger partial charge in [-0.05, 0) is 36.0 Å². The molecule has 0 amide bonds. The molecule has 0 aromatic rings. The number of aliphatic hydroxyl groups excluding tert-OH is 1. The smallest absolute Gasteiger partial charge is 0.0437 e. The van der Waals surface area contributed by atoms with Crippen LogP contribution in [0.2, 0.25) is 0 Å². The van der Waals surface area contributed by atoms with E-state index in [2.05, 4.69) is 13.8 Å². The first kappa shape index (κ1) is 11.3. The zero-order chi connectivity index (χ0) is 9.95. The van der Waals surface area contributed by atoms with Crippen molar-refractivity contribution < 1.29 is 5.11 Å². The number of rotatable bonds is 3. The zero-order valence-corrected chi connectivity index (χ0v) is 9.49. The SMILES string of the molecule is CC1(C)CCSCC1(CN)CCO. The van der Waals surface area contributed by atoms with Crippen LogP contribution < -0.4 is 5.73 Å². The largest absolute Gasteiger partial charge is 0.396 e. The second kappa shape index (κ2) is 4.20. The predicted octanol–water partition coefficient (Wildman–Crippen LogP) is 1.48. The summed E-state index contributed by atoms with van der Waals surface area (Å²) in [5.41, 5.74) is 6.32. The Hall–Kier alpha value is 0.270. The number of thioether (sulfide) groups is 1. The molecule has 13 heavy (non-hydrogen) atoms. The molecular formula is C10H21NOS. The van der Waals surface area contributed by atoms with Gasteiger partial charge in [0.2, 0.25) is 0 Å². The second-order valence-electron chi connectivity index (χ2n) is 4.64. The van der Waals surface area contributed by atoms with Crippen molar-refractivity contribution in [2.45, 2.75) is 26.7 Å². The number of hydrogen-bond donors (Lipinski definition) is 2. The van der Waals surface area contributed by atoms with Crippen LogP contribution >= 0.6 is 11.8 Å². The number of hydrogen-bond acceptors (Lipinski definition) is 3. The van der Waals surface area contributed by atoms with E-state index in [0.717, 1.165) is 12.2 Å². The highest BCUT2D eigenvalue weighted by Gasteiger charge is 2.45. The van der Waals surface area contributed by atoms with E-state index in [1.807, 2.05) is 11.8 Å². The van der Waals surface area contributed by atoms with E-state index in [1.54, 1.807) is 0 Å². The molecule has 0 saturated carbocycles. The van der Waals surface area contributed by atoms with Gasteiger partial charge >= 0.3 is 0 Å². The predicted molar refractivity (Wildman–Crippen MR) is 58.9 cm³/mol. The molecule has 1 fully saturated rings. The van der Waals surface area contributed by atoms with Crippen molar-refractivity contribution in [3.63, 3.8) is 0 Å². The molecule has 1 saturated heterocycles. The van der Waals surface area contributed by atoms with E-state index in [1.165, 1.54) is 12.2 Å². The highest BCUT2D eigenvalue weighted by molar-refractivity contribution is 7.99. The van der Waals surface area contributed by atoms with Crippen molar-refractivity contribution in [3.05, 3.63) is 0 Å². The van der Waals surface area contributed by atoms with Crippen molar-refractivity contribution in [1.29, 1.82) is 0 Å². The van der Waals surface area contributed by atoms with Gasteiger partial charge in [-0.3, -0.25) is 0 Å². The minimum absolute atomic E-state index is 0.157. The topological polar surface area (TPSA) is 46.2 Å². The molecule has 78 valence electrons. The highest BCUT2D eigenvalue weighted by Crippen LogP contribution is 2.49. The molecule has 0 spiro atoms. The highest BCUT2D eigenvalue weighted by atomic mass is 32.2. The molecule has 1 atom stereocenters. The maximum Gasteiger partial charge on any atom is 0.0437 e. The summed E-state index contributed by atoms with van der Waals surface area (Å²) in [5.74, 6) is 2.34. The van der Waals surface area contributed by atoms with Crippen molar-refractivity contribution in [1.82, 2.24) is 0 Å². The van der Waals surface area contributed by atoms with Gasteiger partial charge in [0, 0.05) is 12.4 Å². The Morgan fingerprint density at radius 1 is 1.46 bits per heavy atom. The summed E-state index contributed by atoms with van der Waals surface area (Å²) in [6.45, 7) is 5.54. The van der Waals surface area contributed by atoms with Crippen LogP contribution in [0.15, 0.2) is 0 Å². The summed E-state index contributed by atoms with van der Waals surface area (Å²) in [4.78, 5) is 0. The fraction of sp³-hybridized carbons (Fsp3) is 1.00. The first-order valence-electron chi connectivity index (χ1n) is 4.97. The minimum atomic E-state index is 0.157. The van der Waals surface area contributed by atoms with E-state index >= 15 is 0 Å². The fourth-order valence-corrected chi connectivity index (χ4v) is 3.96. The van der Waals surface area contributed by atoms with Gasteiger partial charge in [-0.2, -0.15) is 11.8 Å². The van der Waals surface area contributed by atoms with Gasteiger partial charge in [0.15, 0.2) is 0 Å². The summed E-state index contributed by atoms with van der Waals surface area (Å²) < 4.78 is 0. The summed E-state index contributed by atoms with van der Waals surface area (Å²) in [6, 6.07) is 0. The summed E-state index contributed by atoms with van der Waals surface area (Å²) in [7, 11) is 0. The normalized spacial score (nSPS) is 33.2. The molecule has 1 aliphatic heterocycles. The minimum Gasteiger partial charge on any atom is -0.396 e. The Morgan fingerprint density at radius 3 is 2.62 bits per heavy atom. The van der Waals surface area contributed by atoms with E-state index < -0.39 is 0 Å². The molecule has 1 heterocycles. The van der Waals surface area contributed by atoms with Gasteiger partial charge in [-0.15, -0.1) is 0 Å². The third-order valence-electron chi connectivity index (χ3n) is 3.67. The average Bonchev–Trinajstić information content (AvgIpc) is 2.09. The van der Waals surface area contributed by atoms with Crippen molar-refractivity contribution in [3.8, 4) is 0 Å². The number of nitrogens with two attached hydrogens (primary N) is 1. The third kappa shape index (κ3) is 2.03. The number of aliphatic hydroxyl groups is 1. The van der Waals surface area contributed by atoms with Gasteiger partial charge < -0.3 is 10.8 Å². The Balaban J connectivity index is 2.79. The Bertz CT molecular complexity index is 168. The van der Waals surface area contributed by atoms with E-state index in [9.17, 15) is 0 Å². The monoisotopic (exact) mass is 203 g/mol. The quantitative estimate of drug-likeness (QED) is 0.730. The van der Waals surface area contributed by atoms with E-state index in [4.69, 9.17) is 10.8 Å². The lowest BCUT2D eigenvalue weighted by molar-refractivity contribution is 0.0606. The van der Waals surface area contributed by atoms with Crippen molar-refractivity contribution in [2.24, 2.45) is 16.6 Å². The van der Waals surface area contributed by atoms with Crippen molar-refractivity contribution in [2.75, 3.05) is 24.7 Å². The second-order valence-corrected chi connectivity index (χ2v) is 5.75. The van der Waals surface area contributed by atoms with Crippen LogP contribution in [-0.2, 0) is 0 Å². The van der Waals surface area contributed by atoms with Crippen LogP contribution in [0.3, 0.4) is 0 Å². The molecule has 1 unspecified atom stereocenters. The molecule has 1 aliphatic rings. The first-order chi connectivity index (χ1) is 6.08. The summed E-state index contributed by atoms with van der Waals surface area (Å²) in [5, 5.41) is 9.08. The molecule has 0 bridgehead atoms. The van der Waals surface area contributed by atoms with Crippen LogP contribution in [0.25, 0.3) is 0 Å². The van der Waals surface area contributed by atoms with Crippen LogP contribution in [-0.4, -0.2) is 29.8 Å². The molecule has 0 aromatic heterocycles. The Kier molecular flexibility index (Phi) is 3.66. The van der Waals surface area contributed by atoms with E-state index in [0.29, 0.717) is 6.54 Å². The Morgan fingerprint density at radius 2 is 2.15 bits per heavy atom. The molecular weight excluding hydrogens is 182 g/mol. The standard InChI is InChI=1S/C10H21NOS/c1-9(2)4-6-13-8-10(9,7-11)3-5-12/h12H,3-8,11H2,1-2H3. The van der Waals surface area contributed by atoms with Crippen LogP contribution in [0.5, 0.6) is 0 Å². The molecule has 0 radical (unpaired) electrons. The fourth-order valence-electron chi connectivity index (χ4n) is 2.12. The molecule has 3 heteroatoms. The molecule has 1 rings (SSSR count). The summed E-state index contributed by atoms with van der Waals surface area (Å²) in [6.07, 6.45) is 2.07. The lowest BCUT2D eigenvalue weighted by Crippen LogP contribution is -2.49. The maximum atomic E-state index is 9.08. The van der Waals surface area contributed by atoms with Gasteiger partial charge in [0.25, 0.3) is 0 Å². The molecule has 0 aliphatic carbocycles. The van der Waals surface area contributed by atoms with Gasteiger partial charge in [0.05, 0.1) is 0 Å². The van der Waals surface area contributed by atoms with Gasteiger partial charge in [-0.25, -0.2) is 0 Å². The molecule has 0 aromatic carbocycles. The zero-order valence-electron chi connectivity index (χ0n) is 8.68.